The van der Waals surface area contributed by atoms with Crippen molar-refractivity contribution in [2.45, 2.75) is 19.9 Å². The van der Waals surface area contributed by atoms with Crippen molar-refractivity contribution in [3.63, 3.8) is 0 Å². The van der Waals surface area contributed by atoms with Gasteiger partial charge in [0.05, 0.1) is 12.8 Å². The normalized spacial score (nSPS) is 16.8. The Balaban J connectivity index is 2.07. The summed E-state index contributed by atoms with van der Waals surface area (Å²) < 4.78 is 5.35. The number of hydrogen-bond acceptors (Lipinski definition) is 5. The lowest BCUT2D eigenvalue weighted by molar-refractivity contribution is 0.209. The van der Waals surface area contributed by atoms with E-state index >= 15 is 0 Å². The topological polar surface area (TPSA) is 53.8 Å². The number of anilines is 2. The molecular weight excluding hydrogens is 240 g/mol. The third-order valence-electron chi connectivity index (χ3n) is 3.75. The second-order valence-corrected chi connectivity index (χ2v) is 5.15. The van der Waals surface area contributed by atoms with Crippen molar-refractivity contribution >= 4 is 11.4 Å². The summed E-state index contributed by atoms with van der Waals surface area (Å²) in [5.41, 5.74) is 4.65. The number of nitrogens with one attached hydrogen (secondary N) is 1. The number of hydrazine groups is 1. The molecule has 0 amide bonds. The molecule has 0 atom stereocenters. The Bertz CT molecular complexity index is 414. The molecule has 5 nitrogen and oxygen atoms in total. The summed E-state index contributed by atoms with van der Waals surface area (Å²) in [4.78, 5) is 4.89. The van der Waals surface area contributed by atoms with E-state index in [1.54, 1.807) is 7.11 Å². The van der Waals surface area contributed by atoms with E-state index < -0.39 is 0 Å². The number of nitrogen functional groups attached to an aromatic ring is 1. The predicted molar refractivity (Wildman–Crippen MR) is 79.7 cm³/mol. The Labute approximate surface area is 115 Å². The molecule has 0 radical (unpaired) electrons. The lowest BCUT2D eigenvalue weighted by atomic mass is 10.2. The maximum atomic E-state index is 5.46. The fourth-order valence-electron chi connectivity index (χ4n) is 2.49. The maximum Gasteiger partial charge on any atom is 0.145 e. The number of rotatable bonds is 4. The summed E-state index contributed by atoms with van der Waals surface area (Å²) in [5, 5.41) is 0. The molecule has 5 heteroatoms. The Morgan fingerprint density at radius 2 is 1.89 bits per heavy atom. The van der Waals surface area contributed by atoms with Gasteiger partial charge in [-0.1, -0.05) is 0 Å². The molecule has 1 aromatic carbocycles. The highest BCUT2D eigenvalue weighted by molar-refractivity contribution is 5.64. The first kappa shape index (κ1) is 14.0. The molecule has 1 aliphatic rings. The first-order chi connectivity index (χ1) is 9.15. The van der Waals surface area contributed by atoms with Gasteiger partial charge in [0.2, 0.25) is 0 Å². The molecule has 0 saturated carbocycles. The van der Waals surface area contributed by atoms with Crippen molar-refractivity contribution < 1.29 is 4.74 Å². The van der Waals surface area contributed by atoms with E-state index in [1.165, 1.54) is 5.69 Å². The monoisotopic (exact) mass is 264 g/mol. The molecule has 1 aromatic rings. The number of nitrogens with two attached hydrogens (primary N) is 1. The molecular formula is C14H24N4O. The van der Waals surface area contributed by atoms with Crippen molar-refractivity contribution in [2.75, 3.05) is 43.6 Å². The van der Waals surface area contributed by atoms with Gasteiger partial charge in [0.1, 0.15) is 5.75 Å². The van der Waals surface area contributed by atoms with Crippen LogP contribution in [0.2, 0.25) is 0 Å². The van der Waals surface area contributed by atoms with Crippen LogP contribution in [0.1, 0.15) is 13.8 Å². The van der Waals surface area contributed by atoms with E-state index in [2.05, 4.69) is 35.1 Å². The van der Waals surface area contributed by atoms with Crippen LogP contribution in [-0.4, -0.2) is 44.2 Å². The summed E-state index contributed by atoms with van der Waals surface area (Å²) in [7, 11) is 1.66. The third kappa shape index (κ3) is 3.11. The molecule has 0 spiro atoms. The highest BCUT2D eigenvalue weighted by Gasteiger charge is 2.19. The minimum Gasteiger partial charge on any atom is -0.494 e. The fourth-order valence-corrected chi connectivity index (χ4v) is 2.49. The number of piperazine rings is 1. The Morgan fingerprint density at radius 1 is 1.21 bits per heavy atom. The molecule has 1 heterocycles. The number of benzene rings is 1. The van der Waals surface area contributed by atoms with Gasteiger partial charge in [-0.2, -0.15) is 0 Å². The number of methoxy groups -OCH3 is 1. The molecule has 0 bridgehead atoms. The van der Waals surface area contributed by atoms with Gasteiger partial charge in [0.25, 0.3) is 0 Å². The smallest absolute Gasteiger partial charge is 0.145 e. The van der Waals surface area contributed by atoms with E-state index in [-0.39, 0.29) is 0 Å². The summed E-state index contributed by atoms with van der Waals surface area (Å²) in [6, 6.07) is 6.71. The van der Waals surface area contributed by atoms with Crippen LogP contribution in [0.4, 0.5) is 11.4 Å². The lowest BCUT2D eigenvalue weighted by Gasteiger charge is -2.38. The van der Waals surface area contributed by atoms with Gasteiger partial charge in [0, 0.05) is 44.0 Å². The lowest BCUT2D eigenvalue weighted by Crippen LogP contribution is -2.48. The van der Waals surface area contributed by atoms with E-state index in [4.69, 9.17) is 10.6 Å². The molecule has 0 unspecified atom stereocenters. The van der Waals surface area contributed by atoms with Crippen LogP contribution in [0.5, 0.6) is 5.75 Å². The van der Waals surface area contributed by atoms with Crippen LogP contribution < -0.4 is 20.9 Å². The summed E-state index contributed by atoms with van der Waals surface area (Å²) in [6.07, 6.45) is 0. The average molecular weight is 264 g/mol. The van der Waals surface area contributed by atoms with Crippen LogP contribution in [-0.2, 0) is 0 Å². The van der Waals surface area contributed by atoms with Gasteiger partial charge in [-0.3, -0.25) is 10.7 Å². The molecule has 0 aliphatic carbocycles. The van der Waals surface area contributed by atoms with Gasteiger partial charge < -0.3 is 15.1 Å². The zero-order valence-electron chi connectivity index (χ0n) is 12.0. The minimum atomic E-state index is 0.625. The molecule has 0 aromatic heterocycles. The Kier molecular flexibility index (Phi) is 4.50. The molecule has 1 saturated heterocycles. The first-order valence-electron chi connectivity index (χ1n) is 6.79. The first-order valence-corrected chi connectivity index (χ1v) is 6.79. The van der Waals surface area contributed by atoms with Gasteiger partial charge in [0.15, 0.2) is 0 Å². The molecule has 3 N–H and O–H groups in total. The molecule has 106 valence electrons. The summed E-state index contributed by atoms with van der Waals surface area (Å²) >= 11 is 0. The Hall–Kier alpha value is -1.46. The minimum absolute atomic E-state index is 0.625. The Morgan fingerprint density at radius 3 is 2.42 bits per heavy atom. The van der Waals surface area contributed by atoms with Crippen molar-refractivity contribution in [1.29, 1.82) is 0 Å². The van der Waals surface area contributed by atoms with Gasteiger partial charge >= 0.3 is 0 Å². The maximum absolute atomic E-state index is 5.46. The zero-order chi connectivity index (χ0) is 13.8. The van der Waals surface area contributed by atoms with Crippen LogP contribution in [0.15, 0.2) is 18.2 Å². The highest BCUT2D eigenvalue weighted by atomic mass is 16.5. The SMILES string of the molecule is COc1cc(N2CCN(C(C)C)CC2)ccc1NN. The molecule has 1 fully saturated rings. The van der Waals surface area contributed by atoms with Gasteiger partial charge in [-0.25, -0.2) is 0 Å². The van der Waals surface area contributed by atoms with E-state index in [0.717, 1.165) is 37.6 Å². The highest BCUT2D eigenvalue weighted by Crippen LogP contribution is 2.29. The number of ether oxygens (including phenoxy) is 1. The average Bonchev–Trinajstić information content (AvgIpc) is 2.46. The standard InChI is InChI=1S/C14H24N4O/c1-11(2)17-6-8-18(9-7-17)12-4-5-13(16-15)14(10-12)19-3/h4-5,10-11,16H,6-9,15H2,1-3H3. The summed E-state index contributed by atoms with van der Waals surface area (Å²) in [5.74, 6) is 6.24. The van der Waals surface area contributed by atoms with Gasteiger partial charge in [-0.05, 0) is 26.0 Å². The van der Waals surface area contributed by atoms with Crippen LogP contribution >= 0.6 is 0 Å². The molecule has 2 rings (SSSR count). The molecule has 19 heavy (non-hydrogen) atoms. The van der Waals surface area contributed by atoms with Crippen molar-refractivity contribution in [3.8, 4) is 5.75 Å². The van der Waals surface area contributed by atoms with Crippen LogP contribution in [0.3, 0.4) is 0 Å². The van der Waals surface area contributed by atoms with Crippen LogP contribution in [0, 0.1) is 0 Å². The van der Waals surface area contributed by atoms with Crippen molar-refractivity contribution in [2.24, 2.45) is 5.84 Å². The van der Waals surface area contributed by atoms with Crippen molar-refractivity contribution in [3.05, 3.63) is 18.2 Å². The van der Waals surface area contributed by atoms with Gasteiger partial charge in [-0.15, -0.1) is 0 Å². The zero-order valence-corrected chi connectivity index (χ0v) is 12.0. The number of hydrogen-bond donors (Lipinski definition) is 2. The second-order valence-electron chi connectivity index (χ2n) is 5.15. The van der Waals surface area contributed by atoms with E-state index in [9.17, 15) is 0 Å². The quantitative estimate of drug-likeness (QED) is 0.638. The van der Waals surface area contributed by atoms with E-state index in [1.807, 2.05) is 12.1 Å². The van der Waals surface area contributed by atoms with Crippen LogP contribution in [0.25, 0.3) is 0 Å². The van der Waals surface area contributed by atoms with E-state index in [0.29, 0.717) is 6.04 Å². The fraction of sp³-hybridized carbons (Fsp3) is 0.571. The summed E-state index contributed by atoms with van der Waals surface area (Å²) in [6.45, 7) is 8.82. The number of nitrogens with zero attached hydrogens (tertiary/aromatic N) is 2. The second kappa shape index (κ2) is 6.12. The third-order valence-corrected chi connectivity index (χ3v) is 3.75. The van der Waals surface area contributed by atoms with Crippen molar-refractivity contribution in [1.82, 2.24) is 4.90 Å². The largest absolute Gasteiger partial charge is 0.494 e. The molecule has 1 aliphatic heterocycles. The predicted octanol–water partition coefficient (Wildman–Crippen LogP) is 1.51.